The minimum Gasteiger partial charge on any atom is -0.425 e. The fraction of sp³-hybridized carbons (Fsp3) is 0.241. The molecule has 0 saturated heterocycles. The van der Waals surface area contributed by atoms with Gasteiger partial charge in [0.15, 0.2) is 0 Å². The van der Waals surface area contributed by atoms with Crippen molar-refractivity contribution in [1.29, 1.82) is 0 Å². The van der Waals surface area contributed by atoms with Crippen molar-refractivity contribution in [2.75, 3.05) is 0 Å². The minimum absolute atomic E-state index is 0.0646. The average molecular weight is 520 g/mol. The Labute approximate surface area is 216 Å². The largest absolute Gasteiger partial charge is 0.425 e. The highest BCUT2D eigenvalue weighted by Crippen LogP contribution is 2.30. The second kappa shape index (κ2) is 10.7. The van der Waals surface area contributed by atoms with Gasteiger partial charge in [0.25, 0.3) is 0 Å². The van der Waals surface area contributed by atoms with E-state index in [-0.39, 0.29) is 17.1 Å². The van der Waals surface area contributed by atoms with Crippen LogP contribution in [0.5, 0.6) is 5.75 Å². The van der Waals surface area contributed by atoms with Crippen LogP contribution in [0.3, 0.4) is 0 Å². The second-order valence-corrected chi connectivity index (χ2v) is 10.8. The van der Waals surface area contributed by atoms with Gasteiger partial charge in [0.05, 0.1) is 4.90 Å². The van der Waals surface area contributed by atoms with Crippen LogP contribution in [0.4, 0.5) is 0 Å². The zero-order valence-corrected chi connectivity index (χ0v) is 22.0. The Bertz CT molecular complexity index is 1610. The van der Waals surface area contributed by atoms with Gasteiger partial charge in [0, 0.05) is 22.9 Å². The summed E-state index contributed by atoms with van der Waals surface area (Å²) >= 11 is 0. The van der Waals surface area contributed by atoms with Crippen molar-refractivity contribution in [2.45, 2.75) is 51.5 Å². The molecule has 1 atom stereocenters. The third-order valence-corrected chi connectivity index (χ3v) is 7.90. The Morgan fingerprint density at radius 3 is 2.27 bits per heavy atom. The van der Waals surface area contributed by atoms with Gasteiger partial charge in [-0.3, -0.25) is 0 Å². The molecule has 4 aromatic rings. The smallest absolute Gasteiger partial charge is 0.340 e. The number of aryl methyl sites for hydroxylation is 3. The van der Waals surface area contributed by atoms with Crippen LogP contribution in [0.1, 0.15) is 41.2 Å². The molecule has 0 amide bonds. The quantitative estimate of drug-likeness (QED) is 0.200. The van der Waals surface area contributed by atoms with Gasteiger partial charge in [-0.15, -0.1) is 0 Å². The lowest BCUT2D eigenvalue weighted by Crippen LogP contribution is -2.42. The van der Waals surface area contributed by atoms with Crippen molar-refractivity contribution in [3.8, 4) is 5.75 Å². The summed E-state index contributed by atoms with van der Waals surface area (Å²) in [7, 11) is -3.92. The number of sulfonamides is 1. The third kappa shape index (κ3) is 5.65. The maximum absolute atomic E-state index is 12.9. The molecule has 0 aliphatic rings. The molecule has 7 nitrogen and oxygen atoms in total. The highest BCUT2D eigenvalue weighted by molar-refractivity contribution is 7.89. The number of carbonyl (C=O) groups excluding carboxylic acids is 1. The van der Waals surface area contributed by atoms with Crippen LogP contribution in [-0.4, -0.2) is 20.4 Å². The molecule has 0 saturated carbocycles. The van der Waals surface area contributed by atoms with Gasteiger partial charge in [0.1, 0.15) is 17.4 Å². The number of hydrogen-bond acceptors (Lipinski definition) is 6. The molecule has 1 unspecified atom stereocenters. The van der Waals surface area contributed by atoms with E-state index in [0.29, 0.717) is 23.1 Å². The molecule has 0 spiro atoms. The van der Waals surface area contributed by atoms with E-state index in [1.165, 1.54) is 12.1 Å². The Hall–Kier alpha value is -3.75. The highest BCUT2D eigenvalue weighted by atomic mass is 32.2. The zero-order chi connectivity index (χ0) is 26.7. The van der Waals surface area contributed by atoms with Crippen LogP contribution in [-0.2, 0) is 21.2 Å². The summed E-state index contributed by atoms with van der Waals surface area (Å²) in [6.07, 6.45) is 0.633. The summed E-state index contributed by atoms with van der Waals surface area (Å²) in [6.45, 7) is 7.11. The molecule has 0 radical (unpaired) electrons. The fourth-order valence-electron chi connectivity index (χ4n) is 4.14. The molecule has 3 aromatic carbocycles. The van der Waals surface area contributed by atoms with Crippen LogP contribution in [0.2, 0.25) is 0 Å². The number of benzene rings is 3. The van der Waals surface area contributed by atoms with Gasteiger partial charge in [-0.05, 0) is 62.6 Å². The molecule has 1 N–H and O–H groups in total. The molecule has 0 aliphatic heterocycles. The van der Waals surface area contributed by atoms with Crippen molar-refractivity contribution >= 4 is 27.0 Å². The maximum atomic E-state index is 12.9. The number of nitrogens with one attached hydrogen (secondary N) is 1. The van der Waals surface area contributed by atoms with E-state index in [2.05, 4.69) is 4.72 Å². The maximum Gasteiger partial charge on any atom is 0.340 e. The molecule has 192 valence electrons. The van der Waals surface area contributed by atoms with Gasteiger partial charge in [-0.25, -0.2) is 18.0 Å². The van der Waals surface area contributed by atoms with Crippen molar-refractivity contribution in [3.63, 3.8) is 0 Å². The summed E-state index contributed by atoms with van der Waals surface area (Å²) in [5.41, 5.74) is 3.65. The Morgan fingerprint density at radius 2 is 1.62 bits per heavy atom. The van der Waals surface area contributed by atoms with Crippen LogP contribution in [0.15, 0.2) is 80.8 Å². The molecular formula is C29H29NO6S. The second-order valence-electron chi connectivity index (χ2n) is 9.04. The van der Waals surface area contributed by atoms with Gasteiger partial charge in [0.2, 0.25) is 10.0 Å². The summed E-state index contributed by atoms with van der Waals surface area (Å²) in [6, 6.07) is 18.3. The van der Waals surface area contributed by atoms with Crippen molar-refractivity contribution in [2.24, 2.45) is 0 Å². The fourth-order valence-corrected chi connectivity index (χ4v) is 5.40. The normalized spacial score (nSPS) is 12.4. The van der Waals surface area contributed by atoms with E-state index in [1.54, 1.807) is 38.1 Å². The van der Waals surface area contributed by atoms with E-state index < -0.39 is 27.7 Å². The van der Waals surface area contributed by atoms with Crippen LogP contribution >= 0.6 is 0 Å². The van der Waals surface area contributed by atoms with Crippen molar-refractivity contribution < 1.29 is 22.4 Å². The lowest BCUT2D eigenvalue weighted by molar-refractivity contribution is -0.136. The molecule has 1 aromatic heterocycles. The first-order valence-corrected chi connectivity index (χ1v) is 13.5. The summed E-state index contributed by atoms with van der Waals surface area (Å²) in [5.74, 6) is -0.552. The van der Waals surface area contributed by atoms with E-state index in [0.717, 1.165) is 22.1 Å². The van der Waals surface area contributed by atoms with E-state index >= 15 is 0 Å². The van der Waals surface area contributed by atoms with Gasteiger partial charge >= 0.3 is 11.6 Å². The van der Waals surface area contributed by atoms with Crippen LogP contribution in [0.25, 0.3) is 11.0 Å². The summed E-state index contributed by atoms with van der Waals surface area (Å²) in [5, 5.41) is 0.745. The topological polar surface area (TPSA) is 103 Å². The molecule has 8 heteroatoms. The van der Waals surface area contributed by atoms with E-state index in [4.69, 9.17) is 9.15 Å². The monoisotopic (exact) mass is 519 g/mol. The number of carbonyl (C=O) groups is 1. The van der Waals surface area contributed by atoms with Crippen molar-refractivity contribution in [3.05, 3.63) is 105 Å². The van der Waals surface area contributed by atoms with Gasteiger partial charge < -0.3 is 9.15 Å². The van der Waals surface area contributed by atoms with E-state index in [1.807, 2.05) is 44.2 Å². The minimum atomic E-state index is -3.92. The first-order valence-electron chi connectivity index (χ1n) is 12.0. The number of ether oxygens (including phenoxy) is 1. The van der Waals surface area contributed by atoms with E-state index in [9.17, 15) is 18.0 Å². The number of rotatable bonds is 8. The lowest BCUT2D eigenvalue weighted by Gasteiger charge is -2.17. The highest BCUT2D eigenvalue weighted by Gasteiger charge is 2.27. The van der Waals surface area contributed by atoms with Gasteiger partial charge in [-0.2, -0.15) is 4.72 Å². The Balaban J connectivity index is 1.59. The van der Waals surface area contributed by atoms with Crippen LogP contribution < -0.4 is 15.1 Å². The third-order valence-electron chi connectivity index (χ3n) is 6.41. The standard InChI is InChI=1S/C29H29NO6S/c1-5-25(30-37(33,34)22-13-11-18(2)12-14-22)29(32)35-26-16-15-23-19(3)24(17-21-9-7-6-8-10-21)28(31)36-27(23)20(26)4/h6-16,25,30H,5,17H2,1-4H3. The predicted molar refractivity (Wildman–Crippen MR) is 142 cm³/mol. The molecule has 0 aliphatic carbocycles. The van der Waals surface area contributed by atoms with Crippen molar-refractivity contribution in [1.82, 2.24) is 4.72 Å². The zero-order valence-electron chi connectivity index (χ0n) is 21.2. The molecule has 1 heterocycles. The number of hydrogen-bond donors (Lipinski definition) is 1. The predicted octanol–water partition coefficient (Wildman–Crippen LogP) is 4.97. The first kappa shape index (κ1) is 26.3. The Morgan fingerprint density at radius 1 is 0.946 bits per heavy atom. The number of fused-ring (bicyclic) bond motifs is 1. The molecule has 37 heavy (non-hydrogen) atoms. The molecular weight excluding hydrogens is 490 g/mol. The number of esters is 1. The SMILES string of the molecule is CCC(NS(=O)(=O)c1ccc(C)cc1)C(=O)Oc1ccc2c(C)c(Cc3ccccc3)c(=O)oc2c1C. The average Bonchev–Trinajstić information content (AvgIpc) is 2.88. The molecule has 0 bridgehead atoms. The Kier molecular flexibility index (Phi) is 7.61. The molecule has 4 rings (SSSR count). The summed E-state index contributed by atoms with van der Waals surface area (Å²) < 4.78 is 39.3. The van der Waals surface area contributed by atoms with Crippen LogP contribution in [0, 0.1) is 20.8 Å². The lowest BCUT2D eigenvalue weighted by atomic mass is 9.98. The first-order chi connectivity index (χ1) is 17.6. The van der Waals surface area contributed by atoms with Gasteiger partial charge in [-0.1, -0.05) is 55.0 Å². The molecule has 0 fully saturated rings. The summed E-state index contributed by atoms with van der Waals surface area (Å²) in [4.78, 5) is 25.9.